The van der Waals surface area contributed by atoms with Crippen molar-refractivity contribution in [1.82, 2.24) is 0 Å². The first-order valence-corrected chi connectivity index (χ1v) is 16.7. The summed E-state index contributed by atoms with van der Waals surface area (Å²) in [7, 11) is -6.53. The molecule has 0 aliphatic carbocycles. The predicted molar refractivity (Wildman–Crippen MR) is 155 cm³/mol. The molecule has 0 fully saturated rings. The van der Waals surface area contributed by atoms with Gasteiger partial charge in [-0.1, -0.05) is 96.2 Å². The molecule has 0 aromatic heterocycles. The highest BCUT2D eigenvalue weighted by atomic mass is 79.9. The van der Waals surface area contributed by atoms with E-state index in [4.69, 9.17) is 0 Å². The Balaban J connectivity index is 0.000000297. The maximum Gasteiger partial charge on any atom is 0.524 e. The second kappa shape index (κ2) is 17.5. The van der Waals surface area contributed by atoms with Crippen molar-refractivity contribution in [2.45, 2.75) is 64.6 Å². The van der Waals surface area contributed by atoms with Crippen LogP contribution in [0.5, 0.6) is 0 Å². The van der Waals surface area contributed by atoms with Gasteiger partial charge in [-0.05, 0) is 49.2 Å². The van der Waals surface area contributed by atoms with E-state index in [-0.39, 0.29) is 17.5 Å². The number of hydrogen-bond acceptors (Lipinski definition) is 5. The number of alkyl halides is 6. The summed E-state index contributed by atoms with van der Waals surface area (Å²) in [4.78, 5) is 15.0. The Kier molecular flexibility index (Phi) is 14.8. The molecular formula is C29H31BrF5O5S2+. The van der Waals surface area contributed by atoms with Crippen LogP contribution in [0.15, 0.2) is 106 Å². The maximum atomic E-state index is 12.6. The van der Waals surface area contributed by atoms with Crippen LogP contribution in [0.3, 0.4) is 0 Å². The van der Waals surface area contributed by atoms with Crippen molar-refractivity contribution in [2.75, 3.05) is 11.9 Å². The number of halogens is 6. The predicted octanol–water partition coefficient (Wildman–Crippen LogP) is 9.14. The van der Waals surface area contributed by atoms with Gasteiger partial charge in [-0.2, -0.15) is 30.4 Å². The van der Waals surface area contributed by atoms with E-state index in [2.05, 4.69) is 116 Å². The maximum absolute atomic E-state index is 12.6. The average Bonchev–Trinajstić information content (AvgIpc) is 2.96. The van der Waals surface area contributed by atoms with Crippen LogP contribution in [0.4, 0.5) is 26.7 Å². The smallest absolute Gasteiger partial charge is 0.433 e. The van der Waals surface area contributed by atoms with Crippen molar-refractivity contribution in [1.29, 1.82) is 0 Å². The third kappa shape index (κ3) is 11.2. The molecule has 3 aromatic rings. The molecule has 0 amide bonds. The lowest BCUT2D eigenvalue weighted by molar-refractivity contribution is -0.243. The van der Waals surface area contributed by atoms with Gasteiger partial charge in [0.1, 0.15) is 0 Å². The van der Waals surface area contributed by atoms with Gasteiger partial charge in [0.25, 0.3) is 0 Å². The number of benzene rings is 3. The fraction of sp³-hybridized carbons (Fsp3) is 0.345. The molecule has 0 spiro atoms. The van der Waals surface area contributed by atoms with Gasteiger partial charge in [-0.25, -0.2) is 4.79 Å². The highest BCUT2D eigenvalue weighted by Gasteiger charge is 2.69. The molecule has 0 heterocycles. The van der Waals surface area contributed by atoms with Gasteiger partial charge < -0.3 is 8.92 Å². The summed E-state index contributed by atoms with van der Waals surface area (Å²) >= 11 is 3.27. The molecule has 13 heteroatoms. The third-order valence-corrected chi connectivity index (χ3v) is 9.51. The summed E-state index contributed by atoms with van der Waals surface area (Å²) < 4.78 is 89.7. The molecular weight excluding hydrogens is 667 g/mol. The van der Waals surface area contributed by atoms with Crippen molar-refractivity contribution in [2.24, 2.45) is 0 Å². The molecule has 0 atom stereocenters. The second-order valence-corrected chi connectivity index (χ2v) is 13.1. The minimum absolute atomic E-state index is 0.0146. The van der Waals surface area contributed by atoms with Crippen LogP contribution in [-0.4, -0.2) is 37.9 Å². The first-order chi connectivity index (χ1) is 19.9. The van der Waals surface area contributed by atoms with Gasteiger partial charge in [0.15, 0.2) is 14.7 Å². The van der Waals surface area contributed by atoms with E-state index >= 15 is 0 Å². The van der Waals surface area contributed by atoms with Crippen molar-refractivity contribution < 1.29 is 44.1 Å². The minimum Gasteiger partial charge on any atom is -0.433 e. The Labute approximate surface area is 254 Å². The number of rotatable bonds is 13. The van der Waals surface area contributed by atoms with Crippen molar-refractivity contribution >= 4 is 43.1 Å². The zero-order valence-corrected chi connectivity index (χ0v) is 25.7. The van der Waals surface area contributed by atoms with Crippen LogP contribution in [0.1, 0.15) is 38.5 Å². The van der Waals surface area contributed by atoms with E-state index in [0.29, 0.717) is 12.8 Å². The van der Waals surface area contributed by atoms with Gasteiger partial charge in [-0.3, -0.25) is 0 Å². The molecule has 230 valence electrons. The normalized spacial score (nSPS) is 11.9. The van der Waals surface area contributed by atoms with E-state index in [9.17, 15) is 35.2 Å². The van der Waals surface area contributed by atoms with Gasteiger partial charge in [0.05, 0.1) is 17.5 Å². The van der Waals surface area contributed by atoms with E-state index in [1.54, 1.807) is 0 Å². The topological polar surface area (TPSA) is 69.7 Å². The average molecular weight is 699 g/mol. The van der Waals surface area contributed by atoms with Gasteiger partial charge in [0.2, 0.25) is 0 Å². The lowest BCUT2D eigenvalue weighted by Gasteiger charge is -2.18. The molecule has 0 radical (unpaired) electrons. The molecule has 0 N–H and O–H groups in total. The van der Waals surface area contributed by atoms with Gasteiger partial charge >= 0.3 is 27.7 Å². The number of ether oxygens (including phenoxy) is 1. The molecule has 5 nitrogen and oxygen atoms in total. The number of hydrogen-bond donors (Lipinski definition) is 0. The monoisotopic (exact) mass is 697 g/mol. The summed E-state index contributed by atoms with van der Waals surface area (Å²) in [6.07, 6.45) is -3.83. The molecule has 0 aliphatic rings. The van der Waals surface area contributed by atoms with Gasteiger partial charge in [-0.15, -0.1) is 0 Å². The number of carbonyl (C=O) groups is 1. The minimum atomic E-state index is -6.51. The van der Waals surface area contributed by atoms with E-state index in [1.165, 1.54) is 14.7 Å². The molecule has 0 bridgehead atoms. The van der Waals surface area contributed by atoms with Crippen molar-refractivity contribution in [3.05, 3.63) is 91.0 Å². The Bertz CT molecular complexity index is 1200. The zero-order valence-electron chi connectivity index (χ0n) is 22.4. The molecule has 42 heavy (non-hydrogen) atoms. The quantitative estimate of drug-likeness (QED) is 0.0445. The number of unbranched alkanes of at least 4 members (excludes halogenated alkanes) is 5. The summed E-state index contributed by atoms with van der Waals surface area (Å²) in [6, 6.07) is 32.2. The summed E-state index contributed by atoms with van der Waals surface area (Å²) in [5, 5.41) is -5.31. The largest absolute Gasteiger partial charge is 0.524 e. The number of carbonyl (C=O) groups excluding carboxylic acids is 1. The first-order valence-electron chi connectivity index (χ1n) is 12.9. The molecule has 0 saturated heterocycles. The highest BCUT2D eigenvalue weighted by Crippen LogP contribution is 2.40. The molecule has 0 saturated carbocycles. The lowest BCUT2D eigenvalue weighted by atomic mass is 10.1. The molecule has 3 rings (SSSR count). The second-order valence-electron chi connectivity index (χ2n) is 8.71. The van der Waals surface area contributed by atoms with Crippen LogP contribution in [-0.2, 0) is 29.9 Å². The zero-order chi connectivity index (χ0) is 31.1. The van der Waals surface area contributed by atoms with Crippen LogP contribution in [0.25, 0.3) is 0 Å². The van der Waals surface area contributed by atoms with Crippen molar-refractivity contribution in [3.63, 3.8) is 0 Å². The Hall–Kier alpha value is -2.64. The van der Waals surface area contributed by atoms with Crippen LogP contribution < -0.4 is 0 Å². The van der Waals surface area contributed by atoms with Crippen LogP contribution in [0.2, 0.25) is 0 Å². The highest BCUT2D eigenvalue weighted by molar-refractivity contribution is 9.09. The van der Waals surface area contributed by atoms with Crippen LogP contribution in [0, 0.1) is 0 Å². The molecule has 0 aliphatic heterocycles. The van der Waals surface area contributed by atoms with Crippen molar-refractivity contribution in [3.8, 4) is 0 Å². The Morgan fingerprint density at radius 2 is 1.05 bits per heavy atom. The molecule has 3 aromatic carbocycles. The third-order valence-electron chi connectivity index (χ3n) is 5.51. The van der Waals surface area contributed by atoms with E-state index in [1.807, 2.05) is 0 Å². The summed E-state index contributed by atoms with van der Waals surface area (Å²) in [5.74, 6) is 0. The fourth-order valence-corrected chi connectivity index (χ4v) is 6.56. The standard InChI is InChI=1S/C18H15S.C11H16BrF5O5S/c1-4-10-16(11-5-1)19(17-12-6-2-7-13-17)18-14-8-3-9-15-18;12-7-5-3-1-2-4-6-8-21-9(18)22-23(19,20)11(16,17)10(13,14)15/h1-15H;1-8H2/q+1;. The Morgan fingerprint density at radius 3 is 1.43 bits per heavy atom. The fourth-order valence-electron chi connectivity index (χ4n) is 3.44. The first kappa shape index (κ1) is 35.6. The van der Waals surface area contributed by atoms with Gasteiger partial charge in [0, 0.05) is 5.33 Å². The summed E-state index contributed by atoms with van der Waals surface area (Å²) in [5.41, 5.74) is 0. The van der Waals surface area contributed by atoms with Crippen LogP contribution >= 0.6 is 15.9 Å². The summed E-state index contributed by atoms with van der Waals surface area (Å²) in [6.45, 7) is -0.343. The SMILES string of the molecule is O=C(OCCCCCCCCBr)OS(=O)(=O)C(F)(F)C(F)(F)F.c1ccc([S+](c2ccccc2)c2ccccc2)cc1. The Morgan fingerprint density at radius 1 is 0.667 bits per heavy atom. The van der Waals surface area contributed by atoms with E-state index < -0.39 is 27.7 Å². The lowest BCUT2D eigenvalue weighted by Crippen LogP contribution is -2.45. The molecule has 0 unspecified atom stereocenters. The van der Waals surface area contributed by atoms with E-state index in [0.717, 1.165) is 31.0 Å².